The third kappa shape index (κ3) is 6.76. The van der Waals surface area contributed by atoms with E-state index >= 15 is 0 Å². The molecule has 1 aliphatic heterocycles. The first-order chi connectivity index (χ1) is 13.9. The Morgan fingerprint density at radius 2 is 1.93 bits per heavy atom. The van der Waals surface area contributed by atoms with Gasteiger partial charge in [-0.1, -0.05) is 12.1 Å². The van der Waals surface area contributed by atoms with E-state index in [0.29, 0.717) is 18.7 Å². The second-order valence-corrected chi connectivity index (χ2v) is 6.29. The van der Waals surface area contributed by atoms with Crippen LogP contribution in [0.4, 0.5) is 5.69 Å². The van der Waals surface area contributed by atoms with Gasteiger partial charge in [0, 0.05) is 36.0 Å². The first-order valence-electron chi connectivity index (χ1n) is 9.02. The summed E-state index contributed by atoms with van der Waals surface area (Å²) in [5.41, 5.74) is 2.10. The normalized spacial score (nSPS) is 12.9. The van der Waals surface area contributed by atoms with E-state index in [2.05, 4.69) is 51.7 Å². The molecule has 0 atom stereocenters. The molecule has 4 N–H and O–H groups in total. The lowest BCUT2D eigenvalue weighted by atomic mass is 10.1. The van der Waals surface area contributed by atoms with Gasteiger partial charge in [0.1, 0.15) is 12.2 Å². The second kappa shape index (κ2) is 10.6. The molecule has 0 fully saturated rings. The molecule has 0 saturated carbocycles. The number of anilines is 1. The number of aromatic nitrogens is 3. The average molecular weight is 400 g/mol. The van der Waals surface area contributed by atoms with Gasteiger partial charge in [0.15, 0.2) is 5.82 Å². The van der Waals surface area contributed by atoms with Crippen LogP contribution >= 0.6 is 0 Å². The van der Waals surface area contributed by atoms with Crippen molar-refractivity contribution in [2.24, 2.45) is 4.99 Å². The average Bonchev–Trinajstić information content (AvgIpc) is 3.37. The molecule has 154 valence electrons. The fraction of sp³-hybridized carbons (Fsp3) is 0.316. The van der Waals surface area contributed by atoms with E-state index in [1.807, 2.05) is 16.8 Å². The molecule has 0 aliphatic carbocycles. The molecule has 2 aromatic rings. The third-order valence-corrected chi connectivity index (χ3v) is 3.79. The lowest BCUT2D eigenvalue weighted by Crippen LogP contribution is -2.26. The number of benzene rings is 1. The summed E-state index contributed by atoms with van der Waals surface area (Å²) in [6, 6.07) is 8.44. The van der Waals surface area contributed by atoms with Gasteiger partial charge in [-0.25, -0.2) is 19.3 Å². The number of nitrogens with zero attached hydrogens (tertiary/aromatic N) is 4. The maximum atomic E-state index is 9.55. The Kier molecular flexibility index (Phi) is 7.89. The number of nitrogens with one attached hydrogen (secondary N) is 2. The van der Waals surface area contributed by atoms with Crippen LogP contribution in [0.25, 0.3) is 11.4 Å². The predicted molar refractivity (Wildman–Crippen MR) is 109 cm³/mol. The van der Waals surface area contributed by atoms with Gasteiger partial charge in [-0.15, -0.1) is 0 Å². The molecule has 2 heterocycles. The molecule has 29 heavy (non-hydrogen) atoms. The van der Waals surface area contributed by atoms with Crippen LogP contribution in [0.2, 0.25) is 0 Å². The number of aliphatic carboxylic acids is 2. The minimum atomic E-state index is -1.26. The Hall–Kier alpha value is -3.69. The van der Waals surface area contributed by atoms with Crippen LogP contribution in [0.5, 0.6) is 0 Å². The van der Waals surface area contributed by atoms with E-state index in [-0.39, 0.29) is 6.04 Å². The highest BCUT2D eigenvalue weighted by atomic mass is 16.4. The Bertz CT molecular complexity index is 888. The van der Waals surface area contributed by atoms with Gasteiger partial charge in [0.25, 0.3) is 0 Å². The van der Waals surface area contributed by atoms with E-state index in [4.69, 9.17) is 10.2 Å². The Labute approximate surface area is 168 Å². The number of hydrogen-bond acceptors (Lipinski definition) is 7. The van der Waals surface area contributed by atoms with Crippen molar-refractivity contribution >= 4 is 23.5 Å². The van der Waals surface area contributed by atoms with Crippen molar-refractivity contribution in [2.75, 3.05) is 25.0 Å². The van der Waals surface area contributed by atoms with Gasteiger partial charge in [0.2, 0.25) is 0 Å². The fourth-order valence-corrected chi connectivity index (χ4v) is 2.54. The maximum Gasteiger partial charge on any atom is 0.328 e. The van der Waals surface area contributed by atoms with Crippen LogP contribution in [0.3, 0.4) is 0 Å². The highest BCUT2D eigenvalue weighted by molar-refractivity contribution is 5.89. The minimum Gasteiger partial charge on any atom is -0.478 e. The monoisotopic (exact) mass is 400 g/mol. The van der Waals surface area contributed by atoms with Crippen LogP contribution < -0.4 is 10.6 Å². The number of hydrogen-bond donors (Lipinski definition) is 4. The van der Waals surface area contributed by atoms with Crippen molar-refractivity contribution in [2.45, 2.75) is 19.9 Å². The van der Waals surface area contributed by atoms with Crippen LogP contribution in [0.1, 0.15) is 19.9 Å². The Balaban J connectivity index is 0.000000321. The number of carbonyl (C=O) groups is 2. The highest BCUT2D eigenvalue weighted by Gasteiger charge is 2.14. The zero-order valence-electron chi connectivity index (χ0n) is 16.2. The molecule has 1 aromatic carbocycles. The topological polar surface area (TPSA) is 142 Å². The smallest absolute Gasteiger partial charge is 0.328 e. The Morgan fingerprint density at radius 3 is 2.52 bits per heavy atom. The van der Waals surface area contributed by atoms with Gasteiger partial charge < -0.3 is 20.8 Å². The van der Waals surface area contributed by atoms with Gasteiger partial charge in [-0.3, -0.25) is 4.99 Å². The van der Waals surface area contributed by atoms with Crippen molar-refractivity contribution in [1.29, 1.82) is 0 Å². The molecule has 1 aliphatic rings. The molecule has 0 saturated heterocycles. The van der Waals surface area contributed by atoms with Crippen LogP contribution in [-0.4, -0.2) is 62.4 Å². The van der Waals surface area contributed by atoms with E-state index in [1.165, 1.54) is 0 Å². The lowest BCUT2D eigenvalue weighted by molar-refractivity contribution is -0.134. The summed E-state index contributed by atoms with van der Waals surface area (Å²) in [5.74, 6) is -0.621. The van der Waals surface area contributed by atoms with E-state index < -0.39 is 11.9 Å². The summed E-state index contributed by atoms with van der Waals surface area (Å²) in [6.07, 6.45) is 2.72. The molecule has 0 bridgehead atoms. The zero-order valence-corrected chi connectivity index (χ0v) is 16.2. The summed E-state index contributed by atoms with van der Waals surface area (Å²) in [5, 5.41) is 26.6. The van der Waals surface area contributed by atoms with Crippen molar-refractivity contribution in [1.82, 2.24) is 20.1 Å². The van der Waals surface area contributed by atoms with Crippen molar-refractivity contribution in [3.8, 4) is 11.4 Å². The van der Waals surface area contributed by atoms with Gasteiger partial charge in [0.05, 0.1) is 13.1 Å². The standard InChI is InChI=1S/C15H20N6.C4H4O4/c1-11(2)21-15(19-10-20-21)12-5-3-4-6-13(12)18-9-14-16-7-8-17-14;5-3(6)1-2-4(7)8/h3-6,10-11,18H,7-9H2,1-2H3,(H,16,17);1-2H,(H,5,6)(H,7,8). The Morgan fingerprint density at radius 1 is 1.24 bits per heavy atom. The predicted octanol–water partition coefficient (Wildman–Crippen LogP) is 1.65. The quantitative estimate of drug-likeness (QED) is 0.514. The third-order valence-electron chi connectivity index (χ3n) is 3.79. The van der Waals surface area contributed by atoms with Crippen LogP contribution in [-0.2, 0) is 9.59 Å². The van der Waals surface area contributed by atoms with E-state index in [9.17, 15) is 9.59 Å². The second-order valence-electron chi connectivity index (χ2n) is 6.29. The highest BCUT2D eigenvalue weighted by Crippen LogP contribution is 2.27. The minimum absolute atomic E-state index is 0.274. The number of amidine groups is 1. The summed E-state index contributed by atoms with van der Waals surface area (Å²) < 4.78 is 1.94. The number of rotatable bonds is 7. The summed E-state index contributed by atoms with van der Waals surface area (Å²) in [6.45, 7) is 6.70. The van der Waals surface area contributed by atoms with Crippen molar-refractivity contribution in [3.63, 3.8) is 0 Å². The molecule has 10 heteroatoms. The SMILES string of the molecule is CC(C)n1ncnc1-c1ccccc1NCC1=NCCN1.O=C(O)C=CC(=O)O. The molecule has 0 spiro atoms. The van der Waals surface area contributed by atoms with Gasteiger partial charge >= 0.3 is 11.9 Å². The van der Waals surface area contributed by atoms with Gasteiger partial charge in [-0.05, 0) is 26.0 Å². The molecule has 0 radical (unpaired) electrons. The molecular formula is C19H24N6O4. The largest absolute Gasteiger partial charge is 0.478 e. The van der Waals surface area contributed by atoms with Crippen LogP contribution in [0, 0.1) is 0 Å². The maximum absolute atomic E-state index is 9.55. The van der Waals surface area contributed by atoms with Crippen LogP contribution in [0.15, 0.2) is 47.7 Å². The first-order valence-corrected chi connectivity index (χ1v) is 9.02. The molecule has 0 amide bonds. The molecule has 1 aromatic heterocycles. The molecule has 3 rings (SSSR count). The van der Waals surface area contributed by atoms with E-state index in [1.54, 1.807) is 6.33 Å². The van der Waals surface area contributed by atoms with Gasteiger partial charge in [-0.2, -0.15) is 5.10 Å². The number of para-hydroxylation sites is 1. The lowest BCUT2D eigenvalue weighted by Gasteiger charge is -2.14. The first kappa shape index (κ1) is 21.6. The van der Waals surface area contributed by atoms with Crippen molar-refractivity contribution < 1.29 is 19.8 Å². The summed E-state index contributed by atoms with van der Waals surface area (Å²) >= 11 is 0. The molecular weight excluding hydrogens is 376 g/mol. The summed E-state index contributed by atoms with van der Waals surface area (Å²) in [4.78, 5) is 27.9. The molecule has 10 nitrogen and oxygen atoms in total. The fourth-order valence-electron chi connectivity index (χ4n) is 2.54. The summed E-state index contributed by atoms with van der Waals surface area (Å²) in [7, 11) is 0. The number of carboxylic acid groups (broad SMARTS) is 2. The van der Waals surface area contributed by atoms with Crippen molar-refractivity contribution in [3.05, 3.63) is 42.7 Å². The van der Waals surface area contributed by atoms with E-state index in [0.717, 1.165) is 36.0 Å². The zero-order chi connectivity index (χ0) is 21.2. The molecule has 0 unspecified atom stereocenters. The number of carboxylic acids is 2. The number of aliphatic imine (C=N–C) groups is 1.